The first kappa shape index (κ1) is 14.4. The molecule has 0 aromatic heterocycles. The van der Waals surface area contributed by atoms with Crippen LogP contribution >= 0.6 is 0 Å². The van der Waals surface area contributed by atoms with Crippen molar-refractivity contribution in [3.8, 4) is 11.5 Å². The fraction of sp³-hybridized carbons (Fsp3) is 0.455. The number of fused-ring (bicyclic) bond motifs is 5. The van der Waals surface area contributed by atoms with Gasteiger partial charge < -0.3 is 10.2 Å². The third kappa shape index (κ3) is 1.83. The summed E-state index contributed by atoms with van der Waals surface area (Å²) in [5, 5.41) is 19.5. The molecule has 0 unspecified atom stereocenters. The standard InChI is InChI=1S/C22H24O2/c23-17-8-4-15(5-9-17)22(16-6-10-18(24)11-7-16)13-14-12-21(22)20-3-1-2-19(14)20/h4-11,14,19-21,23-24H,1-3,12-13H2/t14-,19+,20-,21-/m0/s1. The lowest BCUT2D eigenvalue weighted by Crippen LogP contribution is -2.40. The molecule has 0 saturated heterocycles. The second-order valence-corrected chi connectivity index (χ2v) is 8.13. The van der Waals surface area contributed by atoms with E-state index in [4.69, 9.17) is 0 Å². The van der Waals surface area contributed by atoms with Gasteiger partial charge >= 0.3 is 0 Å². The fourth-order valence-corrected chi connectivity index (χ4v) is 6.49. The minimum atomic E-state index is 0.0531. The van der Waals surface area contributed by atoms with Crippen molar-refractivity contribution in [3.63, 3.8) is 0 Å². The Morgan fingerprint density at radius 2 is 1.29 bits per heavy atom. The summed E-state index contributed by atoms with van der Waals surface area (Å²) in [6, 6.07) is 15.8. The second kappa shape index (κ2) is 5.02. The summed E-state index contributed by atoms with van der Waals surface area (Å²) in [7, 11) is 0. The highest BCUT2D eigenvalue weighted by molar-refractivity contribution is 5.46. The summed E-state index contributed by atoms with van der Waals surface area (Å²) in [6.45, 7) is 0. The Bertz CT molecular complexity index is 701. The molecule has 2 N–H and O–H groups in total. The van der Waals surface area contributed by atoms with Crippen molar-refractivity contribution in [3.05, 3.63) is 59.7 Å². The third-order valence-electron chi connectivity index (χ3n) is 7.29. The predicted molar refractivity (Wildman–Crippen MR) is 94.0 cm³/mol. The smallest absolute Gasteiger partial charge is 0.115 e. The van der Waals surface area contributed by atoms with Crippen LogP contribution in [-0.2, 0) is 5.41 Å². The van der Waals surface area contributed by atoms with Crippen LogP contribution in [0.3, 0.4) is 0 Å². The topological polar surface area (TPSA) is 40.5 Å². The molecule has 124 valence electrons. The highest BCUT2D eigenvalue weighted by atomic mass is 16.3. The van der Waals surface area contributed by atoms with Crippen molar-refractivity contribution < 1.29 is 10.2 Å². The zero-order valence-corrected chi connectivity index (χ0v) is 13.9. The molecule has 3 saturated carbocycles. The van der Waals surface area contributed by atoms with Crippen LogP contribution in [0.5, 0.6) is 11.5 Å². The van der Waals surface area contributed by atoms with Crippen LogP contribution in [0.2, 0.25) is 0 Å². The predicted octanol–water partition coefficient (Wildman–Crippen LogP) is 4.84. The molecule has 2 bridgehead atoms. The molecule has 0 heterocycles. The summed E-state index contributed by atoms with van der Waals surface area (Å²) in [5.41, 5.74) is 2.73. The van der Waals surface area contributed by atoms with Gasteiger partial charge in [-0.15, -0.1) is 0 Å². The van der Waals surface area contributed by atoms with Gasteiger partial charge in [0.05, 0.1) is 0 Å². The molecule has 4 atom stereocenters. The Hall–Kier alpha value is -1.96. The summed E-state index contributed by atoms with van der Waals surface area (Å²) >= 11 is 0. The van der Waals surface area contributed by atoms with Gasteiger partial charge in [-0.25, -0.2) is 0 Å². The summed E-state index contributed by atoms with van der Waals surface area (Å²) in [6.07, 6.45) is 6.76. The largest absolute Gasteiger partial charge is 0.508 e. The van der Waals surface area contributed by atoms with E-state index in [9.17, 15) is 10.2 Å². The number of phenolic OH excluding ortho intramolecular Hbond substituents is 2. The van der Waals surface area contributed by atoms with E-state index in [1.165, 1.54) is 43.2 Å². The van der Waals surface area contributed by atoms with Gasteiger partial charge in [-0.1, -0.05) is 30.7 Å². The average Bonchev–Trinajstić information content (AvgIpc) is 3.28. The Morgan fingerprint density at radius 1 is 0.750 bits per heavy atom. The first-order valence-corrected chi connectivity index (χ1v) is 9.27. The van der Waals surface area contributed by atoms with Gasteiger partial charge in [-0.2, -0.15) is 0 Å². The van der Waals surface area contributed by atoms with Crippen molar-refractivity contribution in [2.75, 3.05) is 0 Å². The van der Waals surface area contributed by atoms with Crippen LogP contribution in [0, 0.1) is 23.7 Å². The molecule has 2 nitrogen and oxygen atoms in total. The lowest BCUT2D eigenvalue weighted by molar-refractivity contribution is 0.181. The zero-order chi connectivity index (χ0) is 16.3. The number of hydrogen-bond acceptors (Lipinski definition) is 2. The molecule has 2 heteroatoms. The van der Waals surface area contributed by atoms with Crippen LogP contribution < -0.4 is 0 Å². The van der Waals surface area contributed by atoms with Crippen LogP contribution in [0.4, 0.5) is 0 Å². The molecule has 3 fully saturated rings. The molecule has 0 aliphatic heterocycles. The third-order valence-corrected chi connectivity index (χ3v) is 7.29. The summed E-state index contributed by atoms with van der Waals surface area (Å²) in [5.74, 6) is 4.00. The van der Waals surface area contributed by atoms with E-state index < -0.39 is 0 Å². The van der Waals surface area contributed by atoms with Crippen molar-refractivity contribution in [1.29, 1.82) is 0 Å². The van der Waals surface area contributed by atoms with Crippen LogP contribution in [0.1, 0.15) is 43.2 Å². The van der Waals surface area contributed by atoms with Gasteiger partial charge in [0.1, 0.15) is 11.5 Å². The molecule has 0 amide bonds. The first-order chi connectivity index (χ1) is 11.7. The molecular weight excluding hydrogens is 296 g/mol. The Morgan fingerprint density at radius 3 is 1.88 bits per heavy atom. The van der Waals surface area contributed by atoms with E-state index in [-0.39, 0.29) is 5.41 Å². The first-order valence-electron chi connectivity index (χ1n) is 9.27. The zero-order valence-electron chi connectivity index (χ0n) is 13.9. The van der Waals surface area contributed by atoms with Gasteiger partial charge in [-0.05, 0) is 84.7 Å². The van der Waals surface area contributed by atoms with Crippen molar-refractivity contribution >= 4 is 0 Å². The number of benzene rings is 2. The fourth-order valence-electron chi connectivity index (χ4n) is 6.49. The molecule has 2 aromatic rings. The van der Waals surface area contributed by atoms with Crippen molar-refractivity contribution in [2.45, 2.75) is 37.5 Å². The lowest BCUT2D eigenvalue weighted by Gasteiger charge is -2.44. The molecule has 5 rings (SSSR count). The molecule has 24 heavy (non-hydrogen) atoms. The maximum absolute atomic E-state index is 9.74. The number of aromatic hydroxyl groups is 2. The SMILES string of the molecule is Oc1ccc(C2(c3ccc(O)cc3)C[C@@H]3C[C@H]2[C@H]2CCC[C@H]32)cc1. The Balaban J connectivity index is 1.67. The quantitative estimate of drug-likeness (QED) is 0.831. The average molecular weight is 320 g/mol. The van der Waals surface area contributed by atoms with Gasteiger partial charge in [0.25, 0.3) is 0 Å². The second-order valence-electron chi connectivity index (χ2n) is 8.13. The van der Waals surface area contributed by atoms with Gasteiger partial charge in [0.2, 0.25) is 0 Å². The lowest BCUT2D eigenvalue weighted by atomic mass is 9.59. The van der Waals surface area contributed by atoms with Crippen LogP contribution in [-0.4, -0.2) is 10.2 Å². The van der Waals surface area contributed by atoms with Crippen LogP contribution in [0.15, 0.2) is 48.5 Å². The maximum atomic E-state index is 9.74. The minimum absolute atomic E-state index is 0.0531. The molecule has 0 spiro atoms. The summed E-state index contributed by atoms with van der Waals surface area (Å²) < 4.78 is 0. The Kier molecular flexibility index (Phi) is 3.01. The molecule has 0 radical (unpaired) electrons. The number of phenols is 2. The van der Waals surface area contributed by atoms with Gasteiger partial charge in [0, 0.05) is 5.41 Å². The van der Waals surface area contributed by atoms with E-state index in [0.717, 1.165) is 17.8 Å². The van der Waals surface area contributed by atoms with Crippen molar-refractivity contribution in [1.82, 2.24) is 0 Å². The van der Waals surface area contributed by atoms with E-state index in [2.05, 4.69) is 24.3 Å². The molecule has 2 aromatic carbocycles. The summed E-state index contributed by atoms with van der Waals surface area (Å²) in [4.78, 5) is 0. The van der Waals surface area contributed by atoms with E-state index in [0.29, 0.717) is 17.4 Å². The normalized spacial score (nSPS) is 32.8. The Labute approximate surface area is 143 Å². The van der Waals surface area contributed by atoms with Crippen LogP contribution in [0.25, 0.3) is 0 Å². The maximum Gasteiger partial charge on any atom is 0.115 e. The highest BCUT2D eigenvalue weighted by Crippen LogP contribution is 2.68. The van der Waals surface area contributed by atoms with Gasteiger partial charge in [0.15, 0.2) is 0 Å². The van der Waals surface area contributed by atoms with Gasteiger partial charge in [-0.3, -0.25) is 0 Å². The highest BCUT2D eigenvalue weighted by Gasteiger charge is 2.61. The number of rotatable bonds is 2. The van der Waals surface area contributed by atoms with Crippen molar-refractivity contribution in [2.24, 2.45) is 23.7 Å². The van der Waals surface area contributed by atoms with E-state index in [1.807, 2.05) is 24.3 Å². The molecular formula is C22H24O2. The molecule has 3 aliphatic carbocycles. The molecule has 3 aliphatic rings. The minimum Gasteiger partial charge on any atom is -0.508 e. The monoisotopic (exact) mass is 320 g/mol. The van der Waals surface area contributed by atoms with E-state index in [1.54, 1.807) is 0 Å². The van der Waals surface area contributed by atoms with E-state index >= 15 is 0 Å². The number of hydrogen-bond donors (Lipinski definition) is 2.